The zero-order valence-electron chi connectivity index (χ0n) is 20.1. The quantitative estimate of drug-likeness (QED) is 0.605. The van der Waals surface area contributed by atoms with Crippen molar-refractivity contribution in [3.8, 4) is 11.3 Å². The van der Waals surface area contributed by atoms with Gasteiger partial charge < -0.3 is 20.4 Å². The SMILES string of the molecule is Cc1cc(C(N)=O)cnc1N1CCN(c2cc(-c3ccc(F)cc3)nc(N3CCCC3C)n2)CC1. The van der Waals surface area contributed by atoms with Gasteiger partial charge in [0.2, 0.25) is 11.9 Å². The average molecular weight is 476 g/mol. The van der Waals surface area contributed by atoms with Crippen molar-refractivity contribution in [1.82, 2.24) is 15.0 Å². The van der Waals surface area contributed by atoms with E-state index in [-0.39, 0.29) is 5.82 Å². The zero-order valence-corrected chi connectivity index (χ0v) is 20.1. The van der Waals surface area contributed by atoms with Crippen LogP contribution in [0.2, 0.25) is 0 Å². The first-order valence-corrected chi connectivity index (χ1v) is 12.1. The monoisotopic (exact) mass is 475 g/mol. The number of piperazine rings is 1. The number of aryl methyl sites for hydroxylation is 1. The third-order valence-electron chi connectivity index (χ3n) is 6.89. The van der Waals surface area contributed by atoms with Gasteiger partial charge in [-0.05, 0) is 62.6 Å². The largest absolute Gasteiger partial charge is 0.366 e. The van der Waals surface area contributed by atoms with Crippen molar-refractivity contribution in [2.45, 2.75) is 32.7 Å². The molecule has 35 heavy (non-hydrogen) atoms. The minimum Gasteiger partial charge on any atom is -0.366 e. The lowest BCUT2D eigenvalue weighted by Gasteiger charge is -2.37. The fourth-order valence-electron chi connectivity index (χ4n) is 4.89. The number of carbonyl (C=O) groups is 1. The number of primary amides is 1. The highest BCUT2D eigenvalue weighted by molar-refractivity contribution is 5.92. The van der Waals surface area contributed by atoms with Crippen LogP contribution in [0.1, 0.15) is 35.7 Å². The van der Waals surface area contributed by atoms with E-state index in [0.717, 1.165) is 80.0 Å². The summed E-state index contributed by atoms with van der Waals surface area (Å²) in [5, 5.41) is 0. The van der Waals surface area contributed by atoms with Crippen molar-refractivity contribution in [2.24, 2.45) is 5.73 Å². The average Bonchev–Trinajstić information content (AvgIpc) is 3.30. The van der Waals surface area contributed by atoms with Gasteiger partial charge in [-0.3, -0.25) is 4.79 Å². The van der Waals surface area contributed by atoms with Crippen LogP contribution in [-0.4, -0.2) is 59.6 Å². The van der Waals surface area contributed by atoms with Crippen LogP contribution in [0.15, 0.2) is 42.6 Å². The molecule has 4 heterocycles. The van der Waals surface area contributed by atoms with Crippen LogP contribution in [0, 0.1) is 12.7 Å². The van der Waals surface area contributed by atoms with Crippen molar-refractivity contribution in [3.63, 3.8) is 0 Å². The molecule has 5 rings (SSSR count). The maximum Gasteiger partial charge on any atom is 0.250 e. The van der Waals surface area contributed by atoms with Gasteiger partial charge >= 0.3 is 0 Å². The fourth-order valence-corrected chi connectivity index (χ4v) is 4.89. The molecule has 1 aromatic carbocycles. The predicted molar refractivity (Wildman–Crippen MR) is 135 cm³/mol. The molecule has 2 aliphatic heterocycles. The molecule has 0 saturated carbocycles. The van der Waals surface area contributed by atoms with Gasteiger partial charge in [0.1, 0.15) is 17.5 Å². The van der Waals surface area contributed by atoms with Crippen LogP contribution in [-0.2, 0) is 0 Å². The predicted octanol–water partition coefficient (Wildman–Crippen LogP) is 3.40. The van der Waals surface area contributed by atoms with Gasteiger partial charge in [-0.2, -0.15) is 4.98 Å². The minimum absolute atomic E-state index is 0.264. The third-order valence-corrected chi connectivity index (χ3v) is 6.89. The van der Waals surface area contributed by atoms with E-state index in [0.29, 0.717) is 11.6 Å². The Hall–Kier alpha value is -3.75. The summed E-state index contributed by atoms with van der Waals surface area (Å²) in [6, 6.07) is 10.6. The summed E-state index contributed by atoms with van der Waals surface area (Å²) in [6.45, 7) is 8.18. The highest BCUT2D eigenvalue weighted by Crippen LogP contribution is 2.30. The Balaban J connectivity index is 1.40. The number of rotatable bonds is 5. The summed E-state index contributed by atoms with van der Waals surface area (Å²) in [7, 11) is 0. The van der Waals surface area contributed by atoms with E-state index < -0.39 is 5.91 Å². The lowest BCUT2D eigenvalue weighted by atomic mass is 10.1. The minimum atomic E-state index is -0.471. The normalized spacial score (nSPS) is 18.3. The van der Waals surface area contributed by atoms with Gasteiger partial charge in [-0.25, -0.2) is 14.4 Å². The summed E-state index contributed by atoms with van der Waals surface area (Å²) in [5.41, 5.74) is 8.41. The number of nitrogens with zero attached hydrogens (tertiary/aromatic N) is 6. The first kappa shape index (κ1) is 23.0. The second kappa shape index (κ2) is 9.48. The summed E-state index contributed by atoms with van der Waals surface area (Å²) in [5.74, 6) is 1.74. The standard InChI is InChI=1S/C26H30FN7O/c1-17-14-20(24(28)35)16-29-25(17)33-12-10-32(11-13-33)23-15-22(19-5-7-21(27)8-6-19)30-26(31-23)34-9-3-4-18(34)2/h5-8,14-16,18H,3-4,9-13H2,1-2H3,(H2,28,35). The third kappa shape index (κ3) is 4.76. The summed E-state index contributed by atoms with van der Waals surface area (Å²) < 4.78 is 13.5. The van der Waals surface area contributed by atoms with E-state index >= 15 is 0 Å². The van der Waals surface area contributed by atoms with Gasteiger partial charge in [0, 0.05) is 56.6 Å². The van der Waals surface area contributed by atoms with Gasteiger partial charge in [0.05, 0.1) is 11.3 Å². The smallest absolute Gasteiger partial charge is 0.250 e. The second-order valence-electron chi connectivity index (χ2n) is 9.31. The number of anilines is 3. The second-order valence-corrected chi connectivity index (χ2v) is 9.31. The van der Waals surface area contributed by atoms with Crippen LogP contribution in [0.4, 0.5) is 22.0 Å². The van der Waals surface area contributed by atoms with E-state index in [9.17, 15) is 9.18 Å². The molecule has 2 aliphatic rings. The summed E-state index contributed by atoms with van der Waals surface area (Å²) >= 11 is 0. The number of aromatic nitrogens is 3. The van der Waals surface area contributed by atoms with Gasteiger partial charge in [-0.15, -0.1) is 0 Å². The molecular weight excluding hydrogens is 445 g/mol. The lowest BCUT2D eigenvalue weighted by Crippen LogP contribution is -2.47. The van der Waals surface area contributed by atoms with Crippen LogP contribution in [0.25, 0.3) is 11.3 Å². The molecule has 1 amide bonds. The van der Waals surface area contributed by atoms with Crippen LogP contribution < -0.4 is 20.4 Å². The van der Waals surface area contributed by atoms with Crippen molar-refractivity contribution in [2.75, 3.05) is 47.4 Å². The molecule has 182 valence electrons. The number of pyridine rings is 1. The molecule has 8 nitrogen and oxygen atoms in total. The van der Waals surface area contributed by atoms with E-state index in [1.807, 2.05) is 13.0 Å². The molecule has 2 saturated heterocycles. The molecule has 2 fully saturated rings. The fraction of sp³-hybridized carbons (Fsp3) is 0.385. The maximum absolute atomic E-state index is 13.5. The zero-order chi connectivity index (χ0) is 24.5. The van der Waals surface area contributed by atoms with Gasteiger partial charge in [0.25, 0.3) is 0 Å². The number of amides is 1. The Morgan fingerprint density at radius 2 is 1.74 bits per heavy atom. The first-order chi connectivity index (χ1) is 16.9. The number of hydrogen-bond donors (Lipinski definition) is 1. The van der Waals surface area contributed by atoms with Gasteiger partial charge in [0.15, 0.2) is 0 Å². The molecule has 3 aromatic rings. The highest BCUT2D eigenvalue weighted by atomic mass is 19.1. The van der Waals surface area contributed by atoms with Crippen LogP contribution in [0.5, 0.6) is 0 Å². The number of nitrogens with two attached hydrogens (primary N) is 1. The van der Waals surface area contributed by atoms with Gasteiger partial charge in [-0.1, -0.05) is 0 Å². The number of benzene rings is 1. The van der Waals surface area contributed by atoms with Crippen molar-refractivity contribution < 1.29 is 9.18 Å². The number of carbonyl (C=O) groups excluding carboxylic acids is 1. The summed E-state index contributed by atoms with van der Waals surface area (Å²) in [4.78, 5) is 32.5. The van der Waals surface area contributed by atoms with Crippen LogP contribution >= 0.6 is 0 Å². The Kier molecular flexibility index (Phi) is 6.23. The Labute approximate surface area is 204 Å². The molecule has 2 aromatic heterocycles. The molecule has 9 heteroatoms. The van der Waals surface area contributed by atoms with Crippen molar-refractivity contribution in [3.05, 3.63) is 59.5 Å². The molecular formula is C26H30FN7O. The molecule has 0 spiro atoms. The molecule has 1 unspecified atom stereocenters. The van der Waals surface area contributed by atoms with Crippen molar-refractivity contribution in [1.29, 1.82) is 0 Å². The molecule has 0 radical (unpaired) electrons. The van der Waals surface area contributed by atoms with Crippen molar-refractivity contribution >= 4 is 23.5 Å². The molecule has 0 bridgehead atoms. The molecule has 0 aliphatic carbocycles. The number of halogens is 1. The topological polar surface area (TPSA) is 91.5 Å². The first-order valence-electron chi connectivity index (χ1n) is 12.1. The molecule has 1 atom stereocenters. The van der Waals surface area contributed by atoms with E-state index in [1.165, 1.54) is 12.1 Å². The maximum atomic E-state index is 13.5. The van der Waals surface area contributed by atoms with E-state index in [2.05, 4.69) is 26.6 Å². The number of hydrogen-bond acceptors (Lipinski definition) is 7. The lowest BCUT2D eigenvalue weighted by molar-refractivity contribution is 0.1000. The van der Waals surface area contributed by atoms with Crippen LogP contribution in [0.3, 0.4) is 0 Å². The Bertz CT molecular complexity index is 1220. The highest BCUT2D eigenvalue weighted by Gasteiger charge is 2.26. The van der Waals surface area contributed by atoms with E-state index in [1.54, 1.807) is 24.4 Å². The Morgan fingerprint density at radius 1 is 1.03 bits per heavy atom. The van der Waals surface area contributed by atoms with E-state index in [4.69, 9.17) is 15.7 Å². The molecule has 2 N–H and O–H groups in total. The summed E-state index contributed by atoms with van der Waals surface area (Å²) in [6.07, 6.45) is 3.79. The Morgan fingerprint density at radius 3 is 2.37 bits per heavy atom.